The zero-order chi connectivity index (χ0) is 17.4. The Labute approximate surface area is 151 Å². The lowest BCUT2D eigenvalue weighted by molar-refractivity contribution is -0.122. The zero-order valence-electron chi connectivity index (χ0n) is 13.7. The van der Waals surface area contributed by atoms with E-state index < -0.39 is 0 Å². The summed E-state index contributed by atoms with van der Waals surface area (Å²) in [6.45, 7) is 0. The van der Waals surface area contributed by atoms with Crippen molar-refractivity contribution >= 4 is 29.1 Å². The van der Waals surface area contributed by atoms with E-state index in [-0.39, 0.29) is 23.7 Å². The number of benzene rings is 2. The van der Waals surface area contributed by atoms with Gasteiger partial charge in [0, 0.05) is 5.02 Å². The van der Waals surface area contributed by atoms with Crippen LogP contribution < -0.4 is 9.64 Å². The summed E-state index contributed by atoms with van der Waals surface area (Å²) in [6, 6.07) is 14.2. The fourth-order valence-electron chi connectivity index (χ4n) is 3.72. The molecular weight excluding hydrogens is 338 g/mol. The molecule has 1 aliphatic heterocycles. The van der Waals surface area contributed by atoms with Crippen LogP contribution in [0.5, 0.6) is 11.5 Å². The zero-order valence-corrected chi connectivity index (χ0v) is 14.4. The first-order valence-corrected chi connectivity index (χ1v) is 8.92. The van der Waals surface area contributed by atoms with Gasteiger partial charge in [0.05, 0.1) is 17.5 Å². The van der Waals surface area contributed by atoms with Gasteiger partial charge in [-0.3, -0.25) is 14.5 Å². The second-order valence-electron chi connectivity index (χ2n) is 6.56. The van der Waals surface area contributed by atoms with Gasteiger partial charge in [-0.2, -0.15) is 0 Å². The number of hydrogen-bond acceptors (Lipinski definition) is 3. The number of rotatable bonds is 3. The maximum atomic E-state index is 12.6. The molecule has 2 aromatic rings. The molecule has 1 saturated heterocycles. The standard InChI is InChI=1S/C20H18ClNO3/c21-13-5-9-15(10-6-13)25-16-11-7-14(8-12-16)22-19(23)17-3-1-2-4-18(17)20(22)24/h5-12,17-18H,1-4H2/t17-,18-/m0/s1. The van der Waals surface area contributed by atoms with E-state index in [0.29, 0.717) is 22.2 Å². The van der Waals surface area contributed by atoms with Crippen molar-refractivity contribution in [2.75, 3.05) is 4.90 Å². The van der Waals surface area contributed by atoms with Gasteiger partial charge < -0.3 is 4.74 Å². The number of carbonyl (C=O) groups is 2. The minimum absolute atomic E-state index is 0.0546. The van der Waals surface area contributed by atoms with Crippen molar-refractivity contribution in [3.8, 4) is 11.5 Å². The van der Waals surface area contributed by atoms with E-state index in [9.17, 15) is 9.59 Å². The number of hydrogen-bond donors (Lipinski definition) is 0. The SMILES string of the molecule is O=C1[C@H]2CCCC[C@@H]2C(=O)N1c1ccc(Oc2ccc(Cl)cc2)cc1. The summed E-state index contributed by atoms with van der Waals surface area (Å²) in [7, 11) is 0. The molecule has 0 unspecified atom stereocenters. The Hall–Kier alpha value is -2.33. The van der Waals surface area contributed by atoms with Crippen LogP contribution in [0.15, 0.2) is 48.5 Å². The molecule has 1 aliphatic carbocycles. The highest BCUT2D eigenvalue weighted by molar-refractivity contribution is 6.30. The van der Waals surface area contributed by atoms with Crippen LogP contribution in [0.1, 0.15) is 25.7 Å². The van der Waals surface area contributed by atoms with Crippen LogP contribution in [0.25, 0.3) is 0 Å². The number of ether oxygens (including phenoxy) is 1. The third-order valence-corrected chi connectivity index (χ3v) is 5.24. The number of imide groups is 1. The number of nitrogens with zero attached hydrogens (tertiary/aromatic N) is 1. The maximum absolute atomic E-state index is 12.6. The third-order valence-electron chi connectivity index (χ3n) is 4.99. The summed E-state index contributed by atoms with van der Waals surface area (Å²) in [5.41, 5.74) is 0.618. The molecule has 0 aromatic heterocycles. The lowest BCUT2D eigenvalue weighted by Crippen LogP contribution is -2.30. The molecule has 2 fully saturated rings. The van der Waals surface area contributed by atoms with E-state index in [2.05, 4.69) is 0 Å². The van der Waals surface area contributed by atoms with Gasteiger partial charge in [-0.05, 0) is 61.4 Å². The van der Waals surface area contributed by atoms with E-state index in [0.717, 1.165) is 25.7 Å². The molecule has 2 aliphatic rings. The molecule has 128 valence electrons. The normalized spacial score (nSPS) is 22.8. The van der Waals surface area contributed by atoms with E-state index in [4.69, 9.17) is 16.3 Å². The second kappa shape index (κ2) is 6.52. The van der Waals surface area contributed by atoms with Crippen molar-refractivity contribution < 1.29 is 14.3 Å². The van der Waals surface area contributed by atoms with Crippen LogP contribution in [0.2, 0.25) is 5.02 Å². The third kappa shape index (κ3) is 3.02. The van der Waals surface area contributed by atoms with Crippen molar-refractivity contribution in [1.29, 1.82) is 0 Å². The molecule has 0 N–H and O–H groups in total. The molecule has 2 aromatic carbocycles. The molecule has 0 spiro atoms. The predicted molar refractivity (Wildman–Crippen MR) is 95.9 cm³/mol. The predicted octanol–water partition coefficient (Wildman–Crippen LogP) is 4.81. The summed E-state index contributed by atoms with van der Waals surface area (Å²) >= 11 is 5.86. The minimum atomic E-state index is -0.133. The molecule has 4 nitrogen and oxygen atoms in total. The number of amides is 2. The van der Waals surface area contributed by atoms with Gasteiger partial charge in [0.15, 0.2) is 0 Å². The Bertz CT molecular complexity index is 777. The molecule has 0 bridgehead atoms. The lowest BCUT2D eigenvalue weighted by Gasteiger charge is -2.19. The number of fused-ring (bicyclic) bond motifs is 1. The molecular formula is C20H18ClNO3. The summed E-state index contributed by atoms with van der Waals surface area (Å²) in [4.78, 5) is 26.6. The molecule has 1 heterocycles. The van der Waals surface area contributed by atoms with E-state index in [1.807, 2.05) is 0 Å². The topological polar surface area (TPSA) is 46.6 Å². The molecule has 4 rings (SSSR count). The molecule has 5 heteroatoms. The number of anilines is 1. The van der Waals surface area contributed by atoms with Crippen LogP contribution in [-0.4, -0.2) is 11.8 Å². The van der Waals surface area contributed by atoms with Gasteiger partial charge in [-0.25, -0.2) is 0 Å². The molecule has 2 amide bonds. The quantitative estimate of drug-likeness (QED) is 0.742. The van der Waals surface area contributed by atoms with Gasteiger partial charge in [-0.1, -0.05) is 24.4 Å². The molecule has 0 radical (unpaired) electrons. The smallest absolute Gasteiger partial charge is 0.237 e. The highest BCUT2D eigenvalue weighted by Crippen LogP contribution is 2.40. The summed E-state index contributed by atoms with van der Waals surface area (Å²) in [5, 5.41) is 0.648. The Morgan fingerprint density at radius 2 is 1.28 bits per heavy atom. The number of carbonyl (C=O) groups excluding carboxylic acids is 2. The van der Waals surface area contributed by atoms with Gasteiger partial charge in [0.1, 0.15) is 11.5 Å². The highest BCUT2D eigenvalue weighted by atomic mass is 35.5. The Morgan fingerprint density at radius 1 is 0.800 bits per heavy atom. The van der Waals surface area contributed by atoms with Crippen molar-refractivity contribution in [1.82, 2.24) is 0 Å². The van der Waals surface area contributed by atoms with Crippen molar-refractivity contribution in [2.45, 2.75) is 25.7 Å². The second-order valence-corrected chi connectivity index (χ2v) is 7.00. The first-order valence-electron chi connectivity index (χ1n) is 8.55. The fraction of sp³-hybridized carbons (Fsp3) is 0.300. The lowest BCUT2D eigenvalue weighted by atomic mass is 9.81. The van der Waals surface area contributed by atoms with Gasteiger partial charge in [-0.15, -0.1) is 0 Å². The van der Waals surface area contributed by atoms with Crippen LogP contribution in [0.3, 0.4) is 0 Å². The average Bonchev–Trinajstić information content (AvgIpc) is 2.89. The van der Waals surface area contributed by atoms with Crippen LogP contribution in [0, 0.1) is 11.8 Å². The monoisotopic (exact) mass is 355 g/mol. The van der Waals surface area contributed by atoms with Gasteiger partial charge >= 0.3 is 0 Å². The molecule has 25 heavy (non-hydrogen) atoms. The van der Waals surface area contributed by atoms with E-state index in [1.54, 1.807) is 48.5 Å². The Morgan fingerprint density at radius 3 is 1.80 bits per heavy atom. The van der Waals surface area contributed by atoms with Crippen LogP contribution >= 0.6 is 11.6 Å². The average molecular weight is 356 g/mol. The van der Waals surface area contributed by atoms with Gasteiger partial charge in [0.25, 0.3) is 0 Å². The van der Waals surface area contributed by atoms with Crippen molar-refractivity contribution in [3.05, 3.63) is 53.6 Å². The van der Waals surface area contributed by atoms with Crippen molar-refractivity contribution in [3.63, 3.8) is 0 Å². The summed E-state index contributed by atoms with van der Waals surface area (Å²) < 4.78 is 5.75. The molecule has 2 atom stereocenters. The summed E-state index contributed by atoms with van der Waals surface area (Å²) in [5.74, 6) is 0.943. The van der Waals surface area contributed by atoms with E-state index >= 15 is 0 Å². The van der Waals surface area contributed by atoms with Crippen molar-refractivity contribution in [2.24, 2.45) is 11.8 Å². The fourth-order valence-corrected chi connectivity index (χ4v) is 3.84. The largest absolute Gasteiger partial charge is 0.457 e. The first kappa shape index (κ1) is 16.2. The van der Waals surface area contributed by atoms with Crippen LogP contribution in [0.4, 0.5) is 5.69 Å². The Kier molecular flexibility index (Phi) is 4.22. The highest BCUT2D eigenvalue weighted by Gasteiger charge is 2.48. The van der Waals surface area contributed by atoms with Crippen LogP contribution in [-0.2, 0) is 9.59 Å². The summed E-state index contributed by atoms with van der Waals surface area (Å²) in [6.07, 6.45) is 3.71. The Balaban J connectivity index is 1.53. The van der Waals surface area contributed by atoms with E-state index in [1.165, 1.54) is 4.90 Å². The number of halogens is 1. The molecule has 1 saturated carbocycles. The first-order chi connectivity index (χ1) is 12.1. The minimum Gasteiger partial charge on any atom is -0.457 e. The maximum Gasteiger partial charge on any atom is 0.237 e. The van der Waals surface area contributed by atoms with Gasteiger partial charge in [0.2, 0.25) is 11.8 Å².